The van der Waals surface area contributed by atoms with Crippen LogP contribution in [0.1, 0.15) is 12.1 Å². The average molecular weight is 314 g/mol. The summed E-state index contributed by atoms with van der Waals surface area (Å²) in [5, 5.41) is 2.83. The minimum atomic E-state index is -0.353. The van der Waals surface area contributed by atoms with Crippen LogP contribution in [-0.2, 0) is 16.0 Å². The van der Waals surface area contributed by atoms with Crippen LogP contribution in [0, 0.1) is 5.82 Å². The van der Waals surface area contributed by atoms with Gasteiger partial charge in [0.2, 0.25) is 11.8 Å². The van der Waals surface area contributed by atoms with E-state index < -0.39 is 0 Å². The molecule has 7 heteroatoms. The van der Waals surface area contributed by atoms with E-state index in [4.69, 9.17) is 0 Å². The Labute approximate surface area is 132 Å². The molecule has 0 saturated carbocycles. The Morgan fingerprint density at radius 3 is 2.78 bits per heavy atom. The zero-order valence-electron chi connectivity index (χ0n) is 12.3. The number of anilines is 1. The highest BCUT2D eigenvalue weighted by Crippen LogP contribution is 2.21. The lowest BCUT2D eigenvalue weighted by molar-refractivity contribution is -0.121. The number of benzene rings is 1. The molecule has 0 spiro atoms. The highest BCUT2D eigenvalue weighted by molar-refractivity contribution is 5.96. The van der Waals surface area contributed by atoms with E-state index >= 15 is 0 Å². The van der Waals surface area contributed by atoms with Gasteiger partial charge in [-0.25, -0.2) is 4.39 Å². The summed E-state index contributed by atoms with van der Waals surface area (Å²) in [4.78, 5) is 33.6. The van der Waals surface area contributed by atoms with Crippen molar-refractivity contribution in [3.8, 4) is 0 Å². The number of rotatable bonds is 4. The van der Waals surface area contributed by atoms with Crippen molar-refractivity contribution in [3.63, 3.8) is 0 Å². The molecular formula is C16H15FN4O2. The first kappa shape index (κ1) is 15.1. The maximum Gasteiger partial charge on any atom is 0.229 e. The first-order valence-corrected chi connectivity index (χ1v) is 7.22. The molecule has 2 amide bonds. The van der Waals surface area contributed by atoms with Crippen LogP contribution in [0.3, 0.4) is 0 Å². The Hall–Kier alpha value is -2.83. The standard InChI is InChI=1S/C16H15FN4O2/c17-11-1-3-14(4-2-11)21-10-13(8-16(21)23)20-15(22)7-12-9-18-5-6-19-12/h1-6,9,13H,7-8,10H2,(H,20,22)/t13-/m0/s1. The van der Waals surface area contributed by atoms with E-state index in [0.29, 0.717) is 17.9 Å². The summed E-state index contributed by atoms with van der Waals surface area (Å²) in [6, 6.07) is 5.45. The largest absolute Gasteiger partial charge is 0.351 e. The molecule has 0 unspecified atom stereocenters. The minimum Gasteiger partial charge on any atom is -0.351 e. The molecule has 0 bridgehead atoms. The van der Waals surface area contributed by atoms with Crippen molar-refractivity contribution in [2.75, 3.05) is 11.4 Å². The van der Waals surface area contributed by atoms with Gasteiger partial charge in [-0.05, 0) is 24.3 Å². The van der Waals surface area contributed by atoms with Gasteiger partial charge in [-0.2, -0.15) is 0 Å². The smallest absolute Gasteiger partial charge is 0.229 e. The van der Waals surface area contributed by atoms with Crippen LogP contribution in [0.2, 0.25) is 0 Å². The molecule has 6 nitrogen and oxygen atoms in total. The molecule has 1 aliphatic rings. The SMILES string of the molecule is O=C(Cc1cnccn1)N[C@H]1CC(=O)N(c2ccc(F)cc2)C1. The number of hydrogen-bond donors (Lipinski definition) is 1. The molecule has 2 aromatic rings. The normalized spacial score (nSPS) is 17.3. The van der Waals surface area contributed by atoms with E-state index in [-0.39, 0.29) is 36.5 Å². The zero-order valence-corrected chi connectivity index (χ0v) is 12.3. The molecule has 2 heterocycles. The van der Waals surface area contributed by atoms with Gasteiger partial charge in [0.25, 0.3) is 0 Å². The molecule has 1 saturated heterocycles. The number of amides is 2. The van der Waals surface area contributed by atoms with Gasteiger partial charge < -0.3 is 10.2 Å². The van der Waals surface area contributed by atoms with Crippen molar-refractivity contribution in [2.45, 2.75) is 18.9 Å². The van der Waals surface area contributed by atoms with Gasteiger partial charge in [0.05, 0.1) is 18.2 Å². The van der Waals surface area contributed by atoms with Crippen molar-refractivity contribution >= 4 is 17.5 Å². The molecule has 118 valence electrons. The third-order valence-electron chi connectivity index (χ3n) is 3.59. The Bertz CT molecular complexity index is 706. The lowest BCUT2D eigenvalue weighted by atomic mass is 10.2. The topological polar surface area (TPSA) is 75.2 Å². The Kier molecular flexibility index (Phi) is 4.27. The van der Waals surface area contributed by atoms with E-state index in [1.165, 1.54) is 30.7 Å². The number of hydrogen-bond acceptors (Lipinski definition) is 4. The summed E-state index contributed by atoms with van der Waals surface area (Å²) in [5.74, 6) is -0.653. The molecule has 1 fully saturated rings. The van der Waals surface area contributed by atoms with Gasteiger partial charge in [0, 0.05) is 37.2 Å². The Morgan fingerprint density at radius 1 is 1.30 bits per heavy atom. The number of aromatic nitrogens is 2. The molecule has 1 aromatic carbocycles. The van der Waals surface area contributed by atoms with Gasteiger partial charge in [0.15, 0.2) is 0 Å². The molecule has 0 aliphatic carbocycles. The summed E-state index contributed by atoms with van der Waals surface area (Å²) < 4.78 is 13.0. The lowest BCUT2D eigenvalue weighted by Crippen LogP contribution is -2.38. The van der Waals surface area contributed by atoms with Crippen LogP contribution in [0.5, 0.6) is 0 Å². The molecule has 0 radical (unpaired) electrons. The Morgan fingerprint density at radius 2 is 2.09 bits per heavy atom. The van der Waals surface area contributed by atoms with Crippen LogP contribution < -0.4 is 10.2 Å². The fourth-order valence-corrected chi connectivity index (χ4v) is 2.54. The number of nitrogens with one attached hydrogen (secondary N) is 1. The molecule has 1 N–H and O–H groups in total. The van der Waals surface area contributed by atoms with Crippen LogP contribution in [0.25, 0.3) is 0 Å². The fourth-order valence-electron chi connectivity index (χ4n) is 2.54. The van der Waals surface area contributed by atoms with E-state index in [2.05, 4.69) is 15.3 Å². The van der Waals surface area contributed by atoms with Crippen LogP contribution in [0.15, 0.2) is 42.9 Å². The fraction of sp³-hybridized carbons (Fsp3) is 0.250. The predicted octanol–water partition coefficient (Wildman–Crippen LogP) is 1.08. The summed E-state index contributed by atoms with van der Waals surface area (Å²) in [7, 11) is 0. The van der Waals surface area contributed by atoms with Crippen LogP contribution in [-0.4, -0.2) is 34.4 Å². The maximum atomic E-state index is 13.0. The summed E-state index contributed by atoms with van der Waals surface area (Å²) in [6.45, 7) is 0.372. The van der Waals surface area contributed by atoms with Gasteiger partial charge in [-0.15, -0.1) is 0 Å². The van der Waals surface area contributed by atoms with Crippen LogP contribution >= 0.6 is 0 Å². The second-order valence-corrected chi connectivity index (χ2v) is 5.32. The molecular weight excluding hydrogens is 299 g/mol. The maximum absolute atomic E-state index is 13.0. The van der Waals surface area contributed by atoms with Gasteiger partial charge in [0.1, 0.15) is 5.82 Å². The van der Waals surface area contributed by atoms with Crippen molar-refractivity contribution < 1.29 is 14.0 Å². The third-order valence-corrected chi connectivity index (χ3v) is 3.59. The van der Waals surface area contributed by atoms with Gasteiger partial charge >= 0.3 is 0 Å². The monoisotopic (exact) mass is 314 g/mol. The third kappa shape index (κ3) is 3.68. The predicted molar refractivity (Wildman–Crippen MR) is 81.0 cm³/mol. The second-order valence-electron chi connectivity index (χ2n) is 5.32. The van der Waals surface area contributed by atoms with Crippen LogP contribution in [0.4, 0.5) is 10.1 Å². The first-order valence-electron chi connectivity index (χ1n) is 7.22. The average Bonchev–Trinajstić information content (AvgIpc) is 2.89. The number of carbonyl (C=O) groups excluding carboxylic acids is 2. The van der Waals surface area contributed by atoms with Crippen molar-refractivity contribution in [1.29, 1.82) is 0 Å². The summed E-state index contributed by atoms with van der Waals surface area (Å²) in [5.41, 5.74) is 1.20. The first-order chi connectivity index (χ1) is 11.1. The summed E-state index contributed by atoms with van der Waals surface area (Å²) in [6.07, 6.45) is 4.94. The molecule has 1 aromatic heterocycles. The number of nitrogens with zero attached hydrogens (tertiary/aromatic N) is 3. The zero-order chi connectivity index (χ0) is 16.2. The van der Waals surface area contributed by atoms with Gasteiger partial charge in [-0.1, -0.05) is 0 Å². The molecule has 3 rings (SSSR count). The number of halogens is 1. The van der Waals surface area contributed by atoms with E-state index in [9.17, 15) is 14.0 Å². The Balaban J connectivity index is 1.59. The van der Waals surface area contributed by atoms with Crippen molar-refractivity contribution in [3.05, 3.63) is 54.4 Å². The van der Waals surface area contributed by atoms with E-state index in [1.54, 1.807) is 17.0 Å². The molecule has 23 heavy (non-hydrogen) atoms. The van der Waals surface area contributed by atoms with E-state index in [0.717, 1.165) is 0 Å². The highest BCUT2D eigenvalue weighted by Gasteiger charge is 2.31. The van der Waals surface area contributed by atoms with Gasteiger partial charge in [-0.3, -0.25) is 19.6 Å². The van der Waals surface area contributed by atoms with E-state index in [1.807, 2.05) is 0 Å². The minimum absolute atomic E-state index is 0.0959. The molecule has 1 atom stereocenters. The van der Waals surface area contributed by atoms with Crippen molar-refractivity contribution in [2.24, 2.45) is 0 Å². The van der Waals surface area contributed by atoms with Crippen molar-refractivity contribution in [1.82, 2.24) is 15.3 Å². The number of carbonyl (C=O) groups is 2. The second kappa shape index (κ2) is 6.51. The quantitative estimate of drug-likeness (QED) is 0.916. The highest BCUT2D eigenvalue weighted by atomic mass is 19.1. The lowest BCUT2D eigenvalue weighted by Gasteiger charge is -2.17. The molecule has 1 aliphatic heterocycles. The summed E-state index contributed by atoms with van der Waals surface area (Å²) >= 11 is 0.